The highest BCUT2D eigenvalue weighted by Gasteiger charge is 2.24. The maximum Gasteiger partial charge on any atom is 0.270 e. The van der Waals surface area contributed by atoms with Crippen molar-refractivity contribution in [2.45, 2.75) is 18.9 Å². The molecule has 1 saturated carbocycles. The summed E-state index contributed by atoms with van der Waals surface area (Å²) in [7, 11) is 0. The van der Waals surface area contributed by atoms with E-state index >= 15 is 0 Å². The molecule has 1 aromatic carbocycles. The monoisotopic (exact) mass is 374 g/mol. The number of para-hydroxylation sites is 1. The number of anilines is 1. The Hall–Kier alpha value is -3.74. The number of amides is 2. The van der Waals surface area contributed by atoms with Crippen LogP contribution in [-0.2, 0) is 0 Å². The first-order valence-corrected chi connectivity index (χ1v) is 8.94. The van der Waals surface area contributed by atoms with Crippen molar-refractivity contribution in [2.75, 3.05) is 5.32 Å². The SMILES string of the molecule is O=C(Nc1cnccc1Oc1ccccc1)c1ccnc(C(=O)NC2CC2)c1. The third kappa shape index (κ3) is 4.32. The first kappa shape index (κ1) is 17.7. The molecule has 28 heavy (non-hydrogen) atoms. The molecule has 0 radical (unpaired) electrons. The lowest BCUT2D eigenvalue weighted by Gasteiger charge is -2.12. The van der Waals surface area contributed by atoms with E-state index in [-0.39, 0.29) is 23.6 Å². The Bertz CT molecular complexity index is 1000. The lowest BCUT2D eigenvalue weighted by atomic mass is 10.2. The molecule has 7 heteroatoms. The Labute approximate surface area is 161 Å². The predicted molar refractivity (Wildman–Crippen MR) is 103 cm³/mol. The number of pyridine rings is 2. The van der Waals surface area contributed by atoms with Gasteiger partial charge in [0.1, 0.15) is 17.1 Å². The van der Waals surface area contributed by atoms with Crippen molar-refractivity contribution in [3.63, 3.8) is 0 Å². The summed E-state index contributed by atoms with van der Waals surface area (Å²) in [6.07, 6.45) is 6.51. The normalized spacial score (nSPS) is 12.9. The van der Waals surface area contributed by atoms with Gasteiger partial charge in [-0.05, 0) is 37.1 Å². The van der Waals surface area contributed by atoms with Crippen molar-refractivity contribution in [3.05, 3.63) is 78.4 Å². The molecule has 0 aliphatic heterocycles. The summed E-state index contributed by atoms with van der Waals surface area (Å²) in [5, 5.41) is 5.64. The van der Waals surface area contributed by atoms with Gasteiger partial charge in [0.15, 0.2) is 5.75 Å². The third-order valence-electron chi connectivity index (χ3n) is 4.17. The fraction of sp³-hybridized carbons (Fsp3) is 0.143. The van der Waals surface area contributed by atoms with Gasteiger partial charge in [-0.1, -0.05) is 18.2 Å². The van der Waals surface area contributed by atoms with Gasteiger partial charge in [0.25, 0.3) is 11.8 Å². The molecule has 2 aromatic heterocycles. The van der Waals surface area contributed by atoms with E-state index in [0.717, 1.165) is 12.8 Å². The number of nitrogens with zero attached hydrogens (tertiary/aromatic N) is 2. The van der Waals surface area contributed by atoms with Crippen LogP contribution in [0.15, 0.2) is 67.1 Å². The summed E-state index contributed by atoms with van der Waals surface area (Å²) >= 11 is 0. The molecule has 3 aromatic rings. The number of carbonyl (C=O) groups is 2. The van der Waals surface area contributed by atoms with E-state index in [0.29, 0.717) is 22.7 Å². The topological polar surface area (TPSA) is 93.2 Å². The first-order chi connectivity index (χ1) is 13.7. The molecule has 1 aliphatic carbocycles. The number of nitrogens with one attached hydrogen (secondary N) is 2. The first-order valence-electron chi connectivity index (χ1n) is 8.94. The van der Waals surface area contributed by atoms with Gasteiger partial charge in [0.05, 0.1) is 6.20 Å². The van der Waals surface area contributed by atoms with E-state index < -0.39 is 0 Å². The molecule has 2 N–H and O–H groups in total. The number of rotatable bonds is 6. The van der Waals surface area contributed by atoms with Crippen LogP contribution < -0.4 is 15.4 Å². The molecular formula is C21H18N4O3. The summed E-state index contributed by atoms with van der Waals surface area (Å²) < 4.78 is 5.83. The van der Waals surface area contributed by atoms with E-state index in [2.05, 4.69) is 20.6 Å². The van der Waals surface area contributed by atoms with E-state index in [1.807, 2.05) is 30.3 Å². The molecule has 0 saturated heterocycles. The molecule has 2 heterocycles. The maximum atomic E-state index is 12.7. The minimum absolute atomic E-state index is 0.214. The van der Waals surface area contributed by atoms with Gasteiger partial charge in [-0.15, -0.1) is 0 Å². The van der Waals surface area contributed by atoms with E-state index in [9.17, 15) is 9.59 Å². The fourth-order valence-corrected chi connectivity index (χ4v) is 2.56. The van der Waals surface area contributed by atoms with Gasteiger partial charge in [0.2, 0.25) is 0 Å². The smallest absolute Gasteiger partial charge is 0.270 e. The largest absolute Gasteiger partial charge is 0.455 e. The van der Waals surface area contributed by atoms with Gasteiger partial charge in [-0.3, -0.25) is 19.6 Å². The van der Waals surface area contributed by atoms with Gasteiger partial charge in [-0.25, -0.2) is 0 Å². The Balaban J connectivity index is 1.50. The molecule has 2 amide bonds. The van der Waals surface area contributed by atoms with Crippen molar-refractivity contribution < 1.29 is 14.3 Å². The highest BCUT2D eigenvalue weighted by atomic mass is 16.5. The van der Waals surface area contributed by atoms with E-state index in [1.165, 1.54) is 18.5 Å². The van der Waals surface area contributed by atoms with Crippen molar-refractivity contribution in [1.82, 2.24) is 15.3 Å². The van der Waals surface area contributed by atoms with Crippen LogP contribution in [0.5, 0.6) is 11.5 Å². The molecule has 140 valence electrons. The lowest BCUT2D eigenvalue weighted by molar-refractivity contribution is 0.0946. The number of aromatic nitrogens is 2. The van der Waals surface area contributed by atoms with Gasteiger partial charge < -0.3 is 15.4 Å². The number of hydrogen-bond donors (Lipinski definition) is 2. The van der Waals surface area contributed by atoms with Crippen LogP contribution in [0, 0.1) is 0 Å². The zero-order chi connectivity index (χ0) is 19.3. The number of hydrogen-bond acceptors (Lipinski definition) is 5. The molecule has 4 rings (SSSR count). The highest BCUT2D eigenvalue weighted by Crippen LogP contribution is 2.28. The quantitative estimate of drug-likeness (QED) is 0.690. The highest BCUT2D eigenvalue weighted by molar-refractivity contribution is 6.06. The van der Waals surface area contributed by atoms with E-state index in [4.69, 9.17) is 4.74 Å². The van der Waals surface area contributed by atoms with Crippen LogP contribution in [0.1, 0.15) is 33.7 Å². The minimum atomic E-state index is -0.381. The Morgan fingerprint density at radius 3 is 2.61 bits per heavy atom. The molecule has 1 aliphatic rings. The number of carbonyl (C=O) groups excluding carboxylic acids is 2. The second kappa shape index (κ2) is 7.87. The molecule has 0 unspecified atom stereocenters. The zero-order valence-corrected chi connectivity index (χ0v) is 15.0. The minimum Gasteiger partial charge on any atom is -0.455 e. The Morgan fingerprint density at radius 2 is 1.82 bits per heavy atom. The van der Waals surface area contributed by atoms with E-state index in [1.54, 1.807) is 18.3 Å². The van der Waals surface area contributed by atoms with Crippen LogP contribution in [0.3, 0.4) is 0 Å². The summed E-state index contributed by atoms with van der Waals surface area (Å²) in [5.74, 6) is 0.461. The Morgan fingerprint density at radius 1 is 1.00 bits per heavy atom. The van der Waals surface area contributed by atoms with Gasteiger partial charge in [-0.2, -0.15) is 0 Å². The third-order valence-corrected chi connectivity index (χ3v) is 4.17. The molecule has 0 spiro atoms. The van der Waals surface area contributed by atoms with Crippen LogP contribution in [0.25, 0.3) is 0 Å². The summed E-state index contributed by atoms with van der Waals surface area (Å²) in [5.41, 5.74) is 0.967. The van der Waals surface area contributed by atoms with Crippen molar-refractivity contribution in [1.29, 1.82) is 0 Å². The van der Waals surface area contributed by atoms with Crippen LogP contribution >= 0.6 is 0 Å². The summed E-state index contributed by atoms with van der Waals surface area (Å²) in [4.78, 5) is 32.9. The molecular weight excluding hydrogens is 356 g/mol. The second-order valence-electron chi connectivity index (χ2n) is 6.42. The van der Waals surface area contributed by atoms with Crippen molar-refractivity contribution in [3.8, 4) is 11.5 Å². The summed E-state index contributed by atoms with van der Waals surface area (Å²) in [6.45, 7) is 0. The fourth-order valence-electron chi connectivity index (χ4n) is 2.56. The molecule has 0 bridgehead atoms. The second-order valence-corrected chi connectivity index (χ2v) is 6.42. The molecule has 0 atom stereocenters. The number of ether oxygens (including phenoxy) is 1. The van der Waals surface area contributed by atoms with Crippen LogP contribution in [-0.4, -0.2) is 27.8 Å². The van der Waals surface area contributed by atoms with Crippen LogP contribution in [0.4, 0.5) is 5.69 Å². The predicted octanol–water partition coefficient (Wildman–Crippen LogP) is 3.41. The maximum absolute atomic E-state index is 12.7. The average Bonchev–Trinajstić information content (AvgIpc) is 3.54. The van der Waals surface area contributed by atoms with Crippen molar-refractivity contribution in [2.24, 2.45) is 0 Å². The zero-order valence-electron chi connectivity index (χ0n) is 15.0. The lowest BCUT2D eigenvalue weighted by Crippen LogP contribution is -2.26. The molecule has 1 fully saturated rings. The van der Waals surface area contributed by atoms with Gasteiger partial charge in [0, 0.05) is 30.1 Å². The standard InChI is InChI=1S/C21H18N4O3/c26-20(14-8-11-23-17(12-14)21(27)24-15-6-7-15)25-18-13-22-10-9-19(18)28-16-4-2-1-3-5-16/h1-5,8-13,15H,6-7H2,(H,24,27)(H,25,26). The van der Waals surface area contributed by atoms with Crippen molar-refractivity contribution >= 4 is 17.5 Å². The van der Waals surface area contributed by atoms with Crippen LogP contribution in [0.2, 0.25) is 0 Å². The number of benzene rings is 1. The molecule has 7 nitrogen and oxygen atoms in total. The summed E-state index contributed by atoms with van der Waals surface area (Å²) in [6, 6.07) is 14.2. The van der Waals surface area contributed by atoms with Gasteiger partial charge >= 0.3 is 0 Å². The average molecular weight is 374 g/mol. The Kier molecular flexibility index (Phi) is 4.97.